The van der Waals surface area contributed by atoms with Gasteiger partial charge in [0.2, 0.25) is 0 Å². The topological polar surface area (TPSA) is 108 Å². The molecular weight excluding hydrogens is 1760 g/mol. The van der Waals surface area contributed by atoms with E-state index in [1.165, 1.54) is 85.6 Å². The molecule has 0 saturated carbocycles. The number of benzene rings is 16. The Hall–Kier alpha value is -12.5. The maximum absolute atomic E-state index is 9.06. The highest BCUT2D eigenvalue weighted by molar-refractivity contribution is 14.1. The van der Waals surface area contributed by atoms with Gasteiger partial charge in [0.15, 0.2) is 27.8 Å². The second-order valence-corrected chi connectivity index (χ2v) is 40.3. The number of aromatic nitrogens is 7. The minimum Gasteiger partial charge on any atom is -0.507 e. The molecule has 0 unspecified atom stereocenters. The third-order valence-electron chi connectivity index (χ3n) is 22.6. The van der Waals surface area contributed by atoms with Gasteiger partial charge in [-0.1, -0.05) is 323 Å². The van der Waals surface area contributed by atoms with E-state index in [9.17, 15) is 0 Å². The van der Waals surface area contributed by atoms with Crippen LogP contribution in [0.5, 0.6) is 17.2 Å². The van der Waals surface area contributed by atoms with Crippen molar-refractivity contribution in [3.05, 3.63) is 435 Å². The number of nitrogens with one attached hydrogen (secondary N) is 1. The SMILES string of the molecule is Brc1ccc2c(c1)OCc1nc3ccccc3n1-2.ClCc1nc2ccccc2[nH]1.Oc1cc(Br)ccc1I.c1ccc([Si](c2ccccc2)(c2ccccc2)c2ccc3c(c2)Cc2ccccc2-3)cc1.c1ccc([Si](c2ccccc2)(c2ccccc2)c2ccc3c4ccccc4n(-c4ccc5c(c4)OCc4nc6ccccc6n4-5)c3c2)cc1. The third kappa shape index (κ3) is 14.5. The second kappa shape index (κ2) is 33.5. The van der Waals surface area contributed by atoms with Gasteiger partial charge in [-0.15, -0.1) is 11.6 Å². The van der Waals surface area contributed by atoms with E-state index in [4.69, 9.17) is 31.2 Å². The number of aromatic hydroxyl groups is 1. The van der Waals surface area contributed by atoms with Gasteiger partial charge >= 0.3 is 0 Å². The van der Waals surface area contributed by atoms with Crippen molar-refractivity contribution in [2.75, 3.05) is 0 Å². The molecule has 16 heteroatoms. The van der Waals surface area contributed by atoms with Crippen molar-refractivity contribution in [1.29, 1.82) is 0 Å². The van der Waals surface area contributed by atoms with Crippen LogP contribution in [0.2, 0.25) is 0 Å². The molecule has 6 heterocycles. The van der Waals surface area contributed by atoms with Gasteiger partial charge in [0.25, 0.3) is 0 Å². The molecule has 1 aliphatic carbocycles. The van der Waals surface area contributed by atoms with E-state index in [0.717, 1.165) is 98.1 Å². The van der Waals surface area contributed by atoms with Gasteiger partial charge < -0.3 is 24.1 Å². The molecule has 576 valence electrons. The number of ether oxygens (including phenoxy) is 2. The summed E-state index contributed by atoms with van der Waals surface area (Å²) in [5, 5.41) is 22.7. The summed E-state index contributed by atoms with van der Waals surface area (Å²) in [6.45, 7) is 0.944. The van der Waals surface area contributed by atoms with E-state index < -0.39 is 16.1 Å². The van der Waals surface area contributed by atoms with Crippen LogP contribution in [0, 0.1) is 3.57 Å². The van der Waals surface area contributed by atoms with E-state index in [1.54, 1.807) is 6.07 Å². The molecule has 119 heavy (non-hydrogen) atoms. The lowest BCUT2D eigenvalue weighted by Gasteiger charge is -2.34. The van der Waals surface area contributed by atoms with Gasteiger partial charge in [-0.05, 0) is 190 Å². The van der Waals surface area contributed by atoms with Crippen LogP contribution in [0.3, 0.4) is 0 Å². The van der Waals surface area contributed by atoms with Crippen LogP contribution in [0.25, 0.3) is 83.1 Å². The molecule has 16 aromatic carbocycles. The zero-order valence-electron chi connectivity index (χ0n) is 64.3. The molecule has 20 aromatic rings. The first kappa shape index (κ1) is 76.5. The molecule has 0 fully saturated rings. The van der Waals surface area contributed by atoms with Crippen LogP contribution in [0.1, 0.15) is 28.6 Å². The van der Waals surface area contributed by atoms with Crippen LogP contribution in [-0.2, 0) is 25.5 Å². The summed E-state index contributed by atoms with van der Waals surface area (Å²) in [7, 11) is -5.17. The van der Waals surface area contributed by atoms with Crippen LogP contribution in [-0.4, -0.2) is 54.9 Å². The molecule has 0 atom stereocenters. The average Bonchev–Trinajstić information content (AvgIpc) is 1.59. The highest BCUT2D eigenvalue weighted by Crippen LogP contribution is 2.41. The monoisotopic (exact) mass is 1830 g/mol. The average molecular weight is 1840 g/mol. The molecule has 2 N–H and O–H groups in total. The molecule has 4 aromatic heterocycles. The number of aromatic amines is 1. The van der Waals surface area contributed by atoms with E-state index in [0.29, 0.717) is 24.8 Å². The number of alkyl halides is 1. The number of fused-ring (bicyclic) bond motifs is 17. The normalized spacial score (nSPS) is 12.1. The number of phenols is 1. The lowest BCUT2D eigenvalue weighted by Crippen LogP contribution is -2.74. The van der Waals surface area contributed by atoms with Crippen molar-refractivity contribution in [1.82, 2.24) is 33.6 Å². The maximum atomic E-state index is 9.06. The molecule has 2 aliphatic heterocycles. The number of rotatable bonds is 10. The summed E-state index contributed by atoms with van der Waals surface area (Å²) in [5.41, 5.74) is 17.4. The van der Waals surface area contributed by atoms with Crippen LogP contribution in [0.15, 0.2) is 403 Å². The van der Waals surface area contributed by atoms with Gasteiger partial charge in [-0.25, -0.2) is 15.0 Å². The zero-order chi connectivity index (χ0) is 80.4. The van der Waals surface area contributed by atoms with Gasteiger partial charge in [0, 0.05) is 25.8 Å². The quantitative estimate of drug-likeness (QED) is 0.0611. The fourth-order valence-electron chi connectivity index (χ4n) is 17.4. The number of hydrogen-bond donors (Lipinski definition) is 2. The Morgan fingerprint density at radius 2 is 0.790 bits per heavy atom. The Labute approximate surface area is 726 Å². The minimum atomic E-state index is -2.72. The fraction of sp³-hybridized carbons (Fsp3) is 0.0388. The van der Waals surface area contributed by atoms with Crippen molar-refractivity contribution in [3.8, 4) is 45.4 Å². The highest BCUT2D eigenvalue weighted by Gasteiger charge is 2.44. The Balaban J connectivity index is 0.000000113. The van der Waals surface area contributed by atoms with E-state index in [2.05, 4.69) is 399 Å². The molecule has 23 rings (SSSR count). The Morgan fingerprint density at radius 1 is 0.361 bits per heavy atom. The van der Waals surface area contributed by atoms with Gasteiger partial charge in [0.05, 0.1) is 70.6 Å². The molecule has 0 saturated heterocycles. The fourth-order valence-corrected chi connectivity index (χ4v) is 28.2. The number of phenolic OH excluding ortho intramolecular Hbond substituents is 1. The molecule has 3 aliphatic rings. The molecule has 10 nitrogen and oxygen atoms in total. The van der Waals surface area contributed by atoms with E-state index >= 15 is 0 Å². The molecule has 0 bridgehead atoms. The van der Waals surface area contributed by atoms with Crippen molar-refractivity contribution < 1.29 is 14.6 Å². The lowest BCUT2D eigenvalue weighted by molar-refractivity contribution is 0.280. The summed E-state index contributed by atoms with van der Waals surface area (Å²) in [5.74, 6) is 5.21. The highest BCUT2D eigenvalue weighted by atomic mass is 127. The van der Waals surface area contributed by atoms with Crippen molar-refractivity contribution in [3.63, 3.8) is 0 Å². The third-order valence-corrected chi connectivity index (χ3v) is 34.3. The second-order valence-electron chi connectivity index (χ2n) is 29.5. The standard InChI is InChI=1S/C44H31N3OSi.C31H24Si.C14H9BrN2O.C8H7ClN2.C6H4BrIO/c1-4-14-32(15-5-1)49(33-16-6-2-7-17-33,34-18-8-3-9-19-34)35-25-26-37-36-20-10-12-22-39(36)46(42(37)29-35)31-24-27-41-43(28-31)48-30-44-45-38-21-11-13-23-40(38)47(41)44;1-4-13-26(14-5-1)32(27-15-6-2-7-16-27,28-17-8-3-9-18-28)29-20-21-31-25(23-29)22-24-12-10-11-19-30(24)31;15-9-5-6-12-13(7-9)18-8-14-16-10-3-1-2-4-11(10)17(12)14;9-5-8-10-6-3-1-2-4-7(6)11-8;7-4-1-2-5(8)6(9)3-4/h1-29H,30H2;1-21,23H,22H2;1-7H,8H2;1-4H,5H2,(H,10,11);1-3,9H. The summed E-state index contributed by atoms with van der Waals surface area (Å²) < 4.78 is 21.8. The predicted octanol–water partition coefficient (Wildman–Crippen LogP) is 20.8. The first-order valence-electron chi connectivity index (χ1n) is 39.5. The number of nitrogens with zero attached hydrogens (tertiary/aromatic N) is 6. The maximum Gasteiger partial charge on any atom is 0.179 e. The van der Waals surface area contributed by atoms with Crippen molar-refractivity contribution in [2.24, 2.45) is 0 Å². The number of H-pyrrole nitrogens is 1. The summed E-state index contributed by atoms with van der Waals surface area (Å²) in [4.78, 5) is 16.8. The number of imidazole rings is 3. The number of para-hydroxylation sites is 7. The molecular formula is C103H75Br2ClIN7O3Si2. The Morgan fingerprint density at radius 3 is 1.32 bits per heavy atom. The zero-order valence-corrected chi connectivity index (χ0v) is 72.4. The number of halogens is 4. The smallest absolute Gasteiger partial charge is 0.179 e. The first-order valence-corrected chi connectivity index (χ1v) is 46.7. The van der Waals surface area contributed by atoms with Gasteiger partial charge in [-0.3, -0.25) is 9.13 Å². The van der Waals surface area contributed by atoms with Crippen molar-refractivity contribution in [2.45, 2.75) is 25.5 Å². The minimum absolute atomic E-state index is 0.324. The van der Waals surface area contributed by atoms with E-state index in [-0.39, 0.29) is 0 Å². The summed E-state index contributed by atoms with van der Waals surface area (Å²) >= 11 is 14.4. The predicted molar refractivity (Wildman–Crippen MR) is 509 cm³/mol. The van der Waals surface area contributed by atoms with Gasteiger partial charge in [-0.2, -0.15) is 0 Å². The molecule has 0 amide bonds. The first-order chi connectivity index (χ1) is 58.6. The Kier molecular flexibility index (Phi) is 21.5. The summed E-state index contributed by atoms with van der Waals surface area (Å²) in [6.07, 6.45) is 1.02. The van der Waals surface area contributed by atoms with Crippen LogP contribution in [0.4, 0.5) is 0 Å². The van der Waals surface area contributed by atoms with Gasteiger partial charge in [0.1, 0.15) is 36.3 Å². The largest absolute Gasteiger partial charge is 0.507 e. The number of hydrogen-bond acceptors (Lipinski definition) is 6. The van der Waals surface area contributed by atoms with E-state index in [1.807, 2.05) is 72.8 Å². The molecule has 0 spiro atoms. The van der Waals surface area contributed by atoms with Crippen LogP contribution >= 0.6 is 66.1 Å². The van der Waals surface area contributed by atoms with Crippen molar-refractivity contribution >= 4 is 179 Å². The van der Waals surface area contributed by atoms with Crippen LogP contribution < -0.4 is 51.0 Å². The lowest BCUT2D eigenvalue weighted by atomic mass is 10.1. The molecule has 0 radical (unpaired) electrons. The summed E-state index contributed by atoms with van der Waals surface area (Å²) in [6, 6.07) is 141. The Bertz CT molecular complexity index is 6870.